The lowest BCUT2D eigenvalue weighted by Crippen LogP contribution is -2.27. The number of fused-ring (bicyclic) bond motifs is 1. The third-order valence-electron chi connectivity index (χ3n) is 3.85. The molecule has 0 atom stereocenters. The molecule has 0 saturated heterocycles. The van der Waals surface area contributed by atoms with Crippen molar-refractivity contribution in [1.82, 2.24) is 0 Å². The first-order valence-electron chi connectivity index (χ1n) is 6.02. The Morgan fingerprint density at radius 3 is 2.53 bits per heavy atom. The topological polar surface area (TPSA) is 80.4 Å². The molecule has 0 spiro atoms. The van der Waals surface area contributed by atoms with E-state index in [-0.39, 0.29) is 16.9 Å². The fraction of sp³-hybridized carbons (Fsp3) is 0.462. The lowest BCUT2D eigenvalue weighted by atomic mass is 9.82. The van der Waals surface area contributed by atoms with Gasteiger partial charge in [-0.15, -0.1) is 0 Å². The van der Waals surface area contributed by atoms with E-state index in [0.717, 1.165) is 17.0 Å². The summed E-state index contributed by atoms with van der Waals surface area (Å²) in [5.41, 5.74) is 2.32. The van der Waals surface area contributed by atoms with Crippen molar-refractivity contribution in [2.75, 3.05) is 13.2 Å². The minimum atomic E-state index is -4.45. The van der Waals surface area contributed by atoms with Crippen LogP contribution in [0.25, 0.3) is 0 Å². The molecule has 0 aliphatic carbocycles. The second-order valence-electron chi connectivity index (χ2n) is 5.22. The molecule has 6 heteroatoms. The van der Waals surface area contributed by atoms with Crippen LogP contribution in [0.15, 0.2) is 23.1 Å². The number of hydrogen-bond acceptors (Lipinski definition) is 4. The van der Waals surface area contributed by atoms with Crippen molar-refractivity contribution >= 4 is 21.5 Å². The molecular formula is C13H17NO4S. The van der Waals surface area contributed by atoms with E-state index in [2.05, 4.69) is 0 Å². The molecule has 2 rings (SSSR count). The molecule has 1 N–H and O–H groups in total. The van der Waals surface area contributed by atoms with Crippen LogP contribution in [0.1, 0.15) is 26.3 Å². The zero-order chi connectivity index (χ0) is 14.4. The summed E-state index contributed by atoms with van der Waals surface area (Å²) in [7, 11) is -4.45. The Labute approximate surface area is 113 Å². The van der Waals surface area contributed by atoms with Gasteiger partial charge >= 0.3 is 0 Å². The Bertz CT molecular complexity index is 659. The van der Waals surface area contributed by atoms with Gasteiger partial charge in [0, 0.05) is 18.6 Å². The predicted octanol–water partition coefficient (Wildman–Crippen LogP) is 0.979. The van der Waals surface area contributed by atoms with E-state index in [1.807, 2.05) is 25.3 Å². The van der Waals surface area contributed by atoms with Gasteiger partial charge in [-0.1, -0.05) is 0 Å². The number of nitrogens with zero attached hydrogens (tertiary/aromatic N) is 1. The maximum atomic E-state index is 11.1. The molecule has 19 heavy (non-hydrogen) atoms. The van der Waals surface area contributed by atoms with Gasteiger partial charge in [0.25, 0.3) is 0 Å². The van der Waals surface area contributed by atoms with Crippen LogP contribution < -0.4 is 0 Å². The molecule has 0 amide bonds. The van der Waals surface area contributed by atoms with Crippen LogP contribution in [0, 0.1) is 0 Å². The van der Waals surface area contributed by atoms with Gasteiger partial charge in [-0.05, 0) is 26.0 Å². The van der Waals surface area contributed by atoms with E-state index in [0.29, 0.717) is 6.54 Å². The molecule has 1 aliphatic heterocycles. The minimum absolute atomic E-state index is 0.00840. The Morgan fingerprint density at radius 2 is 2.00 bits per heavy atom. The number of β-amino-alcohol motifs (C(OH)–C–C–N with tert-alkyl or cyclic N) is 1. The second kappa shape index (κ2) is 4.40. The summed E-state index contributed by atoms with van der Waals surface area (Å²) < 4.78 is 35.3. The highest BCUT2D eigenvalue weighted by molar-refractivity contribution is 7.85. The minimum Gasteiger partial charge on any atom is -0.744 e. The average molecular weight is 283 g/mol. The Hall–Kier alpha value is -1.24. The quantitative estimate of drug-likeness (QED) is 0.662. The highest BCUT2D eigenvalue weighted by Gasteiger charge is 2.43. The van der Waals surface area contributed by atoms with Crippen molar-refractivity contribution in [3.63, 3.8) is 0 Å². The molecule has 104 valence electrons. The van der Waals surface area contributed by atoms with Crippen LogP contribution in [0.2, 0.25) is 0 Å². The molecule has 0 saturated carbocycles. The van der Waals surface area contributed by atoms with Gasteiger partial charge in [0.05, 0.1) is 10.3 Å². The van der Waals surface area contributed by atoms with E-state index >= 15 is 0 Å². The van der Waals surface area contributed by atoms with Gasteiger partial charge in [0.2, 0.25) is 5.69 Å². The molecule has 0 bridgehead atoms. The highest BCUT2D eigenvalue weighted by atomic mass is 32.2. The molecule has 1 heterocycles. The third-order valence-corrected chi connectivity index (χ3v) is 4.69. The molecule has 1 aliphatic rings. The predicted molar refractivity (Wildman–Crippen MR) is 70.0 cm³/mol. The molecular weight excluding hydrogens is 266 g/mol. The number of hydrogen-bond donors (Lipinski definition) is 1. The van der Waals surface area contributed by atoms with Crippen LogP contribution >= 0.6 is 0 Å². The standard InChI is InChI=1S/C13H17NO4S/c1-9-13(2,3)11-8-10(19(16,17)18)4-5-12(11)14(9)6-7-15/h4-5,8,15H,6-7H2,1-3H3. The summed E-state index contributed by atoms with van der Waals surface area (Å²) in [6.07, 6.45) is 0. The van der Waals surface area contributed by atoms with Gasteiger partial charge < -0.3 is 9.66 Å². The van der Waals surface area contributed by atoms with Gasteiger partial charge in [0.15, 0.2) is 12.3 Å². The first-order valence-corrected chi connectivity index (χ1v) is 7.43. The average Bonchev–Trinajstić information content (AvgIpc) is 2.50. The van der Waals surface area contributed by atoms with Crippen molar-refractivity contribution < 1.29 is 22.7 Å². The summed E-state index contributed by atoms with van der Waals surface area (Å²) in [5.74, 6) is 0. The van der Waals surface area contributed by atoms with Crippen molar-refractivity contribution in [3.05, 3.63) is 23.8 Å². The first kappa shape index (κ1) is 14.2. The number of aliphatic hydroxyl groups is 1. The van der Waals surface area contributed by atoms with Crippen LogP contribution in [0.3, 0.4) is 0 Å². The van der Waals surface area contributed by atoms with Gasteiger partial charge in [-0.3, -0.25) is 0 Å². The lowest BCUT2D eigenvalue weighted by Gasteiger charge is -2.16. The zero-order valence-corrected chi connectivity index (χ0v) is 12.0. The highest BCUT2D eigenvalue weighted by Crippen LogP contribution is 2.40. The number of aliphatic hydroxyl groups excluding tert-OH is 1. The van der Waals surface area contributed by atoms with Crippen LogP contribution in [0.5, 0.6) is 0 Å². The van der Waals surface area contributed by atoms with E-state index in [1.165, 1.54) is 12.1 Å². The van der Waals surface area contributed by atoms with Gasteiger partial charge in [-0.25, -0.2) is 8.42 Å². The molecule has 0 unspecified atom stereocenters. The van der Waals surface area contributed by atoms with Crippen LogP contribution in [-0.2, 0) is 15.5 Å². The van der Waals surface area contributed by atoms with Crippen molar-refractivity contribution in [2.24, 2.45) is 0 Å². The van der Waals surface area contributed by atoms with Gasteiger partial charge in [0.1, 0.15) is 16.7 Å². The monoisotopic (exact) mass is 283 g/mol. The van der Waals surface area contributed by atoms with Crippen molar-refractivity contribution in [3.8, 4) is 0 Å². The Morgan fingerprint density at radius 1 is 1.37 bits per heavy atom. The Kier molecular flexibility index (Phi) is 3.28. The molecule has 0 aromatic heterocycles. The van der Waals surface area contributed by atoms with Gasteiger partial charge in [-0.2, -0.15) is 4.58 Å². The van der Waals surface area contributed by atoms with Crippen LogP contribution in [-0.4, -0.2) is 41.5 Å². The van der Waals surface area contributed by atoms with E-state index < -0.39 is 10.1 Å². The zero-order valence-electron chi connectivity index (χ0n) is 11.2. The fourth-order valence-corrected chi connectivity index (χ4v) is 3.00. The second-order valence-corrected chi connectivity index (χ2v) is 6.60. The summed E-state index contributed by atoms with van der Waals surface area (Å²) in [5, 5.41) is 9.12. The van der Waals surface area contributed by atoms with E-state index in [9.17, 15) is 13.0 Å². The maximum Gasteiger partial charge on any atom is 0.209 e. The van der Waals surface area contributed by atoms with Crippen LogP contribution in [0.4, 0.5) is 5.69 Å². The van der Waals surface area contributed by atoms with Crippen molar-refractivity contribution in [2.45, 2.75) is 31.1 Å². The molecule has 5 nitrogen and oxygen atoms in total. The molecule has 0 fully saturated rings. The third kappa shape index (κ3) is 2.20. The Balaban J connectivity index is 2.66. The molecule has 0 radical (unpaired) electrons. The molecule has 1 aromatic carbocycles. The summed E-state index contributed by atoms with van der Waals surface area (Å²) in [4.78, 5) is -0.210. The summed E-state index contributed by atoms with van der Waals surface area (Å²) in [6.45, 7) is 6.35. The molecule has 1 aromatic rings. The van der Waals surface area contributed by atoms with E-state index in [1.54, 1.807) is 6.07 Å². The SMILES string of the molecule is CC1=[N+](CCO)c2ccc(S(=O)(=O)[O-])cc2C1(C)C. The normalized spacial score (nSPS) is 17.7. The lowest BCUT2D eigenvalue weighted by molar-refractivity contribution is -0.442. The smallest absolute Gasteiger partial charge is 0.209 e. The fourth-order valence-electron chi connectivity index (χ4n) is 2.51. The summed E-state index contributed by atoms with van der Waals surface area (Å²) >= 11 is 0. The first-order chi connectivity index (χ1) is 8.69. The number of benzene rings is 1. The maximum absolute atomic E-state index is 11.1. The largest absolute Gasteiger partial charge is 0.744 e. The summed E-state index contributed by atoms with van der Waals surface area (Å²) in [6, 6.07) is 4.40. The number of rotatable bonds is 3. The van der Waals surface area contributed by atoms with Crippen molar-refractivity contribution in [1.29, 1.82) is 0 Å². The van der Waals surface area contributed by atoms with E-state index in [4.69, 9.17) is 5.11 Å².